The number of nitrogens with zero attached hydrogens (tertiary/aromatic N) is 8. The van der Waals surface area contributed by atoms with Crippen molar-refractivity contribution in [2.45, 2.75) is 61.8 Å². The summed E-state index contributed by atoms with van der Waals surface area (Å²) >= 11 is 0. The van der Waals surface area contributed by atoms with Gasteiger partial charge in [-0.1, -0.05) is 93.0 Å². The molecule has 13 aromatic rings. The Kier molecular flexibility index (Phi) is 10.8. The highest BCUT2D eigenvalue weighted by atomic mass is 15.0. The number of aromatic nitrogens is 4. The molecule has 0 aliphatic heterocycles. The molecule has 0 saturated heterocycles. The van der Waals surface area contributed by atoms with E-state index >= 15 is 0 Å². The van der Waals surface area contributed by atoms with Crippen molar-refractivity contribution in [1.82, 2.24) is 18.3 Å². The van der Waals surface area contributed by atoms with Crippen LogP contribution in [0.1, 0.15) is 67.6 Å². The smallest absolute Gasteiger partial charge is 0.102 e. The lowest BCUT2D eigenvalue weighted by atomic mass is 9.84. The Labute approximate surface area is 468 Å². The largest absolute Gasteiger partial charge is 0.313 e. The Morgan fingerprint density at radius 3 is 0.877 bits per heavy atom. The van der Waals surface area contributed by atoms with Crippen molar-refractivity contribution in [3.05, 3.63) is 230 Å². The van der Waals surface area contributed by atoms with Crippen LogP contribution in [0.5, 0.6) is 0 Å². The van der Waals surface area contributed by atoms with Gasteiger partial charge in [0.05, 0.1) is 84.0 Å². The van der Waals surface area contributed by atoms with Gasteiger partial charge in [0.2, 0.25) is 0 Å². The Morgan fingerprint density at radius 1 is 0.321 bits per heavy atom. The monoisotopic (exact) mass is 1040 g/mol. The zero-order chi connectivity index (χ0) is 55.9. The first kappa shape index (κ1) is 48.7. The molecule has 9 aromatic carbocycles. The molecular weight excluding hydrogens is 989 g/mol. The maximum atomic E-state index is 12.4. The van der Waals surface area contributed by atoms with E-state index in [-0.39, 0.29) is 39.8 Å². The van der Waals surface area contributed by atoms with E-state index in [4.69, 9.17) is 0 Å². The minimum Gasteiger partial charge on any atom is -0.313 e. The van der Waals surface area contributed by atoms with Gasteiger partial charge in [0, 0.05) is 71.9 Å². The summed E-state index contributed by atoms with van der Waals surface area (Å²) in [5, 5.41) is 57.3. The third-order valence-electron chi connectivity index (χ3n) is 16.8. The predicted octanol–water partition coefficient (Wildman–Crippen LogP) is 18.0. The fourth-order valence-corrected chi connectivity index (χ4v) is 13.2. The molecule has 0 spiro atoms. The molecule has 4 aromatic heterocycles. The lowest BCUT2D eigenvalue weighted by Crippen LogP contribution is -2.11. The van der Waals surface area contributed by atoms with Crippen molar-refractivity contribution < 1.29 is 0 Å². The highest BCUT2D eigenvalue weighted by Gasteiger charge is 2.34. The van der Waals surface area contributed by atoms with Crippen molar-refractivity contribution in [2.75, 3.05) is 0 Å². The van der Waals surface area contributed by atoms with Gasteiger partial charge in [-0.15, -0.1) is 0 Å². The minimum absolute atomic E-state index is 0.0493. The number of hydrogen-bond acceptors (Lipinski definition) is 4. The molecule has 8 nitrogen and oxygen atoms in total. The highest BCUT2D eigenvalue weighted by Crippen LogP contribution is 2.49. The van der Waals surface area contributed by atoms with Crippen LogP contribution in [0, 0.1) is 101 Å². The molecule has 4 heterocycles. The standard InChI is InChI=1S/C73H52N8/c1-40-9-17-61-50(25-40)51-26-41(2)10-18-62(51)78(61)49-33-48(36-74)72(58(37-75)69(34-49)79-63-19-11-42(3)27-52(63)53-28-43(4)12-20-64(53)79)73-59(38-76)70(80-65-21-13-44(5)29-54(65)55-30-45(6)14-22-66(55)80)35-71(60(73)39-77)81-67-23-15-46(7)31-56(67)57-32-47(8)16-24-68(57)81/h9-32,34-35H,33H2,1-8H3. The number of nitriles is 4. The average molecular weight is 1040 g/mol. The van der Waals surface area contributed by atoms with Crippen molar-refractivity contribution in [2.24, 2.45) is 0 Å². The molecule has 8 heteroatoms. The van der Waals surface area contributed by atoms with Gasteiger partial charge >= 0.3 is 0 Å². The van der Waals surface area contributed by atoms with Gasteiger partial charge in [0.1, 0.15) is 18.2 Å². The zero-order valence-electron chi connectivity index (χ0n) is 46.3. The van der Waals surface area contributed by atoms with E-state index in [1.54, 1.807) is 0 Å². The van der Waals surface area contributed by atoms with Crippen LogP contribution in [0.3, 0.4) is 0 Å². The van der Waals surface area contributed by atoms with Crippen LogP contribution in [-0.4, -0.2) is 18.3 Å². The quantitative estimate of drug-likeness (QED) is 0.171. The first-order chi connectivity index (χ1) is 39.3. The van der Waals surface area contributed by atoms with E-state index in [1.807, 2.05) is 6.07 Å². The molecular formula is C73H52N8. The third-order valence-corrected chi connectivity index (χ3v) is 16.8. The molecule has 0 atom stereocenters. The molecule has 0 unspecified atom stereocenters. The van der Waals surface area contributed by atoms with Gasteiger partial charge in [-0.25, -0.2) is 0 Å². The minimum atomic E-state index is 0.0493. The van der Waals surface area contributed by atoms with Crippen LogP contribution in [0.2, 0.25) is 0 Å². The van der Waals surface area contributed by atoms with Crippen LogP contribution >= 0.6 is 0 Å². The maximum Gasteiger partial charge on any atom is 0.102 e. The average Bonchev–Trinajstić information content (AvgIpc) is 4.32. The van der Waals surface area contributed by atoms with Gasteiger partial charge < -0.3 is 18.3 Å². The van der Waals surface area contributed by atoms with E-state index in [0.717, 1.165) is 137 Å². The van der Waals surface area contributed by atoms with Crippen LogP contribution in [0.25, 0.3) is 116 Å². The zero-order valence-corrected chi connectivity index (χ0v) is 46.3. The van der Waals surface area contributed by atoms with Gasteiger partial charge in [-0.05, 0) is 165 Å². The number of fused-ring (bicyclic) bond motifs is 12. The van der Waals surface area contributed by atoms with Crippen LogP contribution in [0.15, 0.2) is 169 Å². The molecule has 1 aliphatic carbocycles. The van der Waals surface area contributed by atoms with Crippen molar-refractivity contribution in [3.8, 4) is 35.7 Å². The molecule has 0 bridgehead atoms. The molecule has 384 valence electrons. The number of hydrogen-bond donors (Lipinski definition) is 0. The Bertz CT molecular complexity index is 4930. The summed E-state index contributed by atoms with van der Waals surface area (Å²) in [7, 11) is 0. The van der Waals surface area contributed by atoms with Gasteiger partial charge in [-0.2, -0.15) is 21.0 Å². The summed E-state index contributed by atoms with van der Waals surface area (Å²) in [6, 6.07) is 64.0. The van der Waals surface area contributed by atoms with E-state index in [0.29, 0.717) is 17.1 Å². The van der Waals surface area contributed by atoms with Crippen molar-refractivity contribution >= 4 is 104 Å². The third kappa shape index (κ3) is 7.18. The van der Waals surface area contributed by atoms with Crippen molar-refractivity contribution in [1.29, 1.82) is 21.0 Å². The lowest BCUT2D eigenvalue weighted by Gasteiger charge is -2.22. The summed E-state index contributed by atoms with van der Waals surface area (Å²) in [4.78, 5) is 0. The lowest BCUT2D eigenvalue weighted by molar-refractivity contribution is 1.10. The van der Waals surface area contributed by atoms with Gasteiger partial charge in [0.15, 0.2) is 0 Å². The fourth-order valence-electron chi connectivity index (χ4n) is 13.2. The second-order valence-electron chi connectivity index (χ2n) is 22.4. The summed E-state index contributed by atoms with van der Waals surface area (Å²) in [6.45, 7) is 16.7. The van der Waals surface area contributed by atoms with E-state index < -0.39 is 0 Å². The second kappa shape index (κ2) is 18.0. The normalized spacial score (nSPS) is 13.1. The van der Waals surface area contributed by atoms with E-state index in [1.165, 1.54) is 0 Å². The topological polar surface area (TPSA) is 115 Å². The number of aryl methyl sites for hydroxylation is 8. The predicted molar refractivity (Wildman–Crippen MR) is 332 cm³/mol. The van der Waals surface area contributed by atoms with E-state index in [9.17, 15) is 21.0 Å². The molecule has 0 amide bonds. The Hall–Kier alpha value is -10.6. The number of benzene rings is 9. The number of rotatable bonds is 5. The molecule has 0 fully saturated rings. The van der Waals surface area contributed by atoms with Crippen LogP contribution in [-0.2, 0) is 0 Å². The molecule has 81 heavy (non-hydrogen) atoms. The SMILES string of the molecule is Cc1ccc2c(c1)c1cc(C)ccc1n2C1=CC(n2c3ccc(C)cc3c3cc(C)ccc32)=C(C#N)C(c2c(C#N)c(-n3c4ccc(C)cc4c4cc(C)ccc43)cc(-n3c4ccc(C)cc4c4cc(C)ccc43)c2C#N)=C(C#N)C1. The summed E-state index contributed by atoms with van der Waals surface area (Å²) < 4.78 is 8.68. The van der Waals surface area contributed by atoms with Crippen LogP contribution < -0.4 is 0 Å². The number of allylic oxidation sites excluding steroid dienone is 6. The Balaban J connectivity index is 1.21. The maximum absolute atomic E-state index is 12.4. The van der Waals surface area contributed by atoms with Gasteiger partial charge in [-0.3, -0.25) is 0 Å². The second-order valence-corrected chi connectivity index (χ2v) is 22.4. The molecule has 14 rings (SSSR count). The Morgan fingerprint density at radius 2 is 0.605 bits per heavy atom. The summed E-state index contributed by atoms with van der Waals surface area (Å²) in [6.07, 6.45) is 2.13. The van der Waals surface area contributed by atoms with E-state index in [2.05, 4.69) is 250 Å². The first-order valence-corrected chi connectivity index (χ1v) is 27.3. The van der Waals surface area contributed by atoms with Gasteiger partial charge in [0.25, 0.3) is 0 Å². The van der Waals surface area contributed by atoms with Crippen molar-refractivity contribution in [3.63, 3.8) is 0 Å². The molecule has 0 N–H and O–H groups in total. The summed E-state index contributed by atoms with van der Waals surface area (Å²) in [5.74, 6) is 0. The highest BCUT2D eigenvalue weighted by molar-refractivity contribution is 6.16. The molecule has 0 saturated carbocycles. The first-order valence-electron chi connectivity index (χ1n) is 27.3. The van der Waals surface area contributed by atoms with Crippen LogP contribution in [0.4, 0.5) is 0 Å². The fraction of sp³-hybridized carbons (Fsp3) is 0.123. The molecule has 1 aliphatic rings. The summed E-state index contributed by atoms with van der Waals surface area (Å²) in [5.41, 5.74) is 19.4. The molecule has 0 radical (unpaired) electrons.